The van der Waals surface area contributed by atoms with Crippen LogP contribution in [0.3, 0.4) is 0 Å². The highest BCUT2D eigenvalue weighted by atomic mass is 35.5. The standard InChI is InChI=1S/C22H30N6O6.ClH/c1-25-19-18(20(32)26(2)22(25)33)28(21(24-19)27-8-10-34-11-9-27)7-3-6-23-13-17(31)14-4-5-15(29)16(30)12-14;/h4-5,12,17,23,29-31H,3,6-11,13H2,1-2H3;1H. The lowest BCUT2D eigenvalue weighted by Crippen LogP contribution is -3.00. The number of rotatable bonds is 8. The third kappa shape index (κ3) is 5.30. The van der Waals surface area contributed by atoms with E-state index < -0.39 is 11.8 Å². The van der Waals surface area contributed by atoms with Crippen molar-refractivity contribution in [3.8, 4) is 11.5 Å². The van der Waals surface area contributed by atoms with E-state index >= 15 is 0 Å². The topological polar surface area (TPSA) is 152 Å². The number of hydrogen-bond donors (Lipinski definition) is 4. The van der Waals surface area contributed by atoms with Crippen LogP contribution in [0.4, 0.5) is 5.95 Å². The average molecular weight is 511 g/mol. The number of anilines is 1. The molecule has 0 spiro atoms. The van der Waals surface area contributed by atoms with Crippen LogP contribution >= 0.6 is 0 Å². The van der Waals surface area contributed by atoms with Gasteiger partial charge in [0.1, 0.15) is 12.6 Å². The molecule has 0 saturated carbocycles. The maximum Gasteiger partial charge on any atom is 0.332 e. The molecular weight excluding hydrogens is 480 g/mol. The molecule has 35 heavy (non-hydrogen) atoms. The molecule has 1 fully saturated rings. The number of morpholine rings is 1. The lowest BCUT2D eigenvalue weighted by atomic mass is 10.1. The fourth-order valence-electron chi connectivity index (χ4n) is 4.20. The number of aromatic nitrogens is 4. The number of nitrogens with two attached hydrogens (primary N) is 1. The highest BCUT2D eigenvalue weighted by Crippen LogP contribution is 2.27. The average Bonchev–Trinajstić information content (AvgIpc) is 3.23. The number of benzene rings is 1. The summed E-state index contributed by atoms with van der Waals surface area (Å²) < 4.78 is 9.82. The van der Waals surface area contributed by atoms with E-state index in [-0.39, 0.29) is 29.5 Å². The first-order valence-electron chi connectivity index (χ1n) is 11.3. The van der Waals surface area contributed by atoms with Crippen LogP contribution in [0.5, 0.6) is 11.5 Å². The van der Waals surface area contributed by atoms with Gasteiger partial charge in [-0.05, 0) is 17.7 Å². The minimum atomic E-state index is -0.800. The number of aliphatic hydroxyl groups excluding tert-OH is 1. The van der Waals surface area contributed by atoms with Crippen molar-refractivity contribution >= 4 is 17.1 Å². The Morgan fingerprint density at radius 1 is 1.11 bits per heavy atom. The molecule has 0 amide bonds. The van der Waals surface area contributed by atoms with Gasteiger partial charge >= 0.3 is 5.69 Å². The smallest absolute Gasteiger partial charge is 0.332 e. The molecule has 192 valence electrons. The number of aliphatic hydroxyl groups is 1. The number of phenolic OH excluding ortho intramolecular Hbond substituents is 2. The minimum Gasteiger partial charge on any atom is -1.00 e. The molecule has 1 atom stereocenters. The molecule has 4 rings (SSSR count). The van der Waals surface area contributed by atoms with Crippen LogP contribution in [0.15, 0.2) is 27.8 Å². The maximum absolute atomic E-state index is 13.0. The van der Waals surface area contributed by atoms with Crippen molar-refractivity contribution in [1.82, 2.24) is 18.7 Å². The normalized spacial score (nSPS) is 14.8. The Hall–Kier alpha value is -3.06. The Morgan fingerprint density at radius 2 is 1.83 bits per heavy atom. The van der Waals surface area contributed by atoms with Gasteiger partial charge in [-0.1, -0.05) is 6.07 Å². The zero-order valence-electron chi connectivity index (χ0n) is 19.7. The first-order valence-corrected chi connectivity index (χ1v) is 11.3. The van der Waals surface area contributed by atoms with Crippen LogP contribution in [0.25, 0.3) is 11.2 Å². The zero-order chi connectivity index (χ0) is 24.4. The lowest BCUT2D eigenvalue weighted by molar-refractivity contribution is -0.662. The minimum absolute atomic E-state index is 0. The summed E-state index contributed by atoms with van der Waals surface area (Å²) in [5.41, 5.74) is 0.480. The van der Waals surface area contributed by atoms with Gasteiger partial charge in [0, 0.05) is 40.2 Å². The van der Waals surface area contributed by atoms with Gasteiger partial charge in [0.15, 0.2) is 22.7 Å². The van der Waals surface area contributed by atoms with Gasteiger partial charge in [0.05, 0.1) is 19.8 Å². The van der Waals surface area contributed by atoms with Gasteiger partial charge in [-0.25, -0.2) is 4.79 Å². The SMILES string of the molecule is Cn1c(=O)c2c(nc(N3CCOCC3)n2CCC[NH2+]CC(O)c2ccc(O)c(O)c2)n(C)c1=O.[Cl-]. The van der Waals surface area contributed by atoms with Crippen molar-refractivity contribution in [3.63, 3.8) is 0 Å². The zero-order valence-corrected chi connectivity index (χ0v) is 20.5. The van der Waals surface area contributed by atoms with Gasteiger partial charge in [-0.2, -0.15) is 4.98 Å². The molecule has 1 aliphatic rings. The number of hydrogen-bond acceptors (Lipinski definition) is 8. The van der Waals surface area contributed by atoms with Crippen LogP contribution in [0.2, 0.25) is 0 Å². The van der Waals surface area contributed by atoms with Crippen molar-refractivity contribution in [2.75, 3.05) is 44.3 Å². The molecule has 5 N–H and O–H groups in total. The van der Waals surface area contributed by atoms with E-state index in [1.807, 2.05) is 9.88 Å². The molecule has 0 radical (unpaired) electrons. The monoisotopic (exact) mass is 510 g/mol. The molecule has 1 saturated heterocycles. The van der Waals surface area contributed by atoms with Crippen LogP contribution < -0.4 is 33.9 Å². The van der Waals surface area contributed by atoms with Crippen molar-refractivity contribution in [3.05, 3.63) is 44.6 Å². The van der Waals surface area contributed by atoms with E-state index in [9.17, 15) is 24.9 Å². The summed E-state index contributed by atoms with van der Waals surface area (Å²) in [6, 6.07) is 4.26. The number of fused-ring (bicyclic) bond motifs is 1. The number of ether oxygens (including phenoxy) is 1. The third-order valence-electron chi connectivity index (χ3n) is 6.19. The highest BCUT2D eigenvalue weighted by Gasteiger charge is 2.24. The van der Waals surface area contributed by atoms with Crippen molar-refractivity contribution < 1.29 is 37.8 Å². The molecule has 3 heterocycles. The van der Waals surface area contributed by atoms with E-state index in [4.69, 9.17) is 4.74 Å². The van der Waals surface area contributed by atoms with Gasteiger partial charge in [-0.15, -0.1) is 0 Å². The summed E-state index contributed by atoms with van der Waals surface area (Å²) in [5, 5.41) is 31.4. The molecule has 2 aromatic heterocycles. The van der Waals surface area contributed by atoms with E-state index in [0.29, 0.717) is 75.0 Å². The second-order valence-electron chi connectivity index (χ2n) is 8.47. The van der Waals surface area contributed by atoms with Crippen LogP contribution in [-0.2, 0) is 25.4 Å². The summed E-state index contributed by atoms with van der Waals surface area (Å²) in [4.78, 5) is 32.1. The van der Waals surface area contributed by atoms with E-state index in [1.165, 1.54) is 23.7 Å². The Morgan fingerprint density at radius 3 is 2.51 bits per heavy atom. The number of quaternary nitrogens is 1. The molecule has 1 unspecified atom stereocenters. The quantitative estimate of drug-likeness (QED) is 0.174. The summed E-state index contributed by atoms with van der Waals surface area (Å²) in [6.07, 6.45) is -0.103. The number of phenols is 2. The Bertz CT molecular complexity index is 1300. The van der Waals surface area contributed by atoms with Crippen LogP contribution in [-0.4, -0.2) is 73.4 Å². The van der Waals surface area contributed by atoms with Gasteiger partial charge in [0.25, 0.3) is 5.56 Å². The molecule has 13 heteroatoms. The number of imidazole rings is 1. The molecule has 1 aliphatic heterocycles. The van der Waals surface area contributed by atoms with Gasteiger partial charge in [0.2, 0.25) is 5.95 Å². The van der Waals surface area contributed by atoms with Crippen molar-refractivity contribution in [1.29, 1.82) is 0 Å². The Balaban J connectivity index is 0.00000342. The number of aryl methyl sites for hydroxylation is 2. The highest BCUT2D eigenvalue weighted by molar-refractivity contribution is 5.74. The third-order valence-corrected chi connectivity index (χ3v) is 6.19. The summed E-state index contributed by atoms with van der Waals surface area (Å²) in [6.45, 7) is 4.00. The summed E-state index contributed by atoms with van der Waals surface area (Å²) in [5.74, 6) is 0.151. The molecule has 0 aliphatic carbocycles. The molecule has 12 nitrogen and oxygen atoms in total. The first kappa shape index (κ1) is 26.5. The van der Waals surface area contributed by atoms with E-state index in [2.05, 4.69) is 9.88 Å². The largest absolute Gasteiger partial charge is 1.00 e. The second kappa shape index (κ2) is 11.1. The van der Waals surface area contributed by atoms with Gasteiger partial charge < -0.3 is 47.2 Å². The summed E-state index contributed by atoms with van der Waals surface area (Å²) in [7, 11) is 3.08. The second-order valence-corrected chi connectivity index (χ2v) is 8.47. The predicted molar refractivity (Wildman–Crippen MR) is 124 cm³/mol. The Labute approximate surface area is 207 Å². The predicted octanol–water partition coefficient (Wildman–Crippen LogP) is -4.63. The van der Waals surface area contributed by atoms with Crippen molar-refractivity contribution in [2.45, 2.75) is 19.1 Å². The maximum atomic E-state index is 13.0. The molecule has 0 bridgehead atoms. The molecular formula is C22H31ClN6O6. The van der Waals surface area contributed by atoms with Crippen LogP contribution in [0, 0.1) is 0 Å². The molecule has 1 aromatic carbocycles. The van der Waals surface area contributed by atoms with Crippen LogP contribution in [0.1, 0.15) is 18.1 Å². The van der Waals surface area contributed by atoms with Crippen molar-refractivity contribution in [2.24, 2.45) is 14.1 Å². The summed E-state index contributed by atoms with van der Waals surface area (Å²) >= 11 is 0. The number of halogens is 1. The fourth-order valence-corrected chi connectivity index (χ4v) is 4.20. The lowest BCUT2D eigenvalue weighted by Gasteiger charge is -2.28. The number of aromatic hydroxyl groups is 2. The first-order chi connectivity index (χ1) is 16.3. The van der Waals surface area contributed by atoms with E-state index in [0.717, 1.165) is 4.57 Å². The number of nitrogens with zero attached hydrogens (tertiary/aromatic N) is 5. The fraction of sp³-hybridized carbons (Fsp3) is 0.500. The van der Waals surface area contributed by atoms with E-state index in [1.54, 1.807) is 13.1 Å². The molecule has 3 aromatic rings. The Kier molecular flexibility index (Phi) is 8.43. The van der Waals surface area contributed by atoms with Gasteiger partial charge in [-0.3, -0.25) is 13.9 Å².